The molecule has 0 bridgehead atoms. The van der Waals surface area contributed by atoms with E-state index in [1.54, 1.807) is 23.6 Å². The summed E-state index contributed by atoms with van der Waals surface area (Å²) in [5.74, 6) is 2.50. The maximum absolute atomic E-state index is 11.9. The molecular weight excluding hydrogens is 336 g/mol. The van der Waals surface area contributed by atoms with Gasteiger partial charge in [-0.25, -0.2) is 4.68 Å². The zero-order valence-electron chi connectivity index (χ0n) is 12.7. The second-order valence-electron chi connectivity index (χ2n) is 4.94. The molecule has 1 atom stereocenters. The van der Waals surface area contributed by atoms with Gasteiger partial charge in [-0.3, -0.25) is 10.1 Å². The number of carbonyl (C=O) groups excluding carboxylic acids is 1. The van der Waals surface area contributed by atoms with Crippen LogP contribution in [0.1, 0.15) is 5.69 Å². The molecule has 2 aromatic rings. The number of ether oxygens (including phenoxy) is 1. The first kappa shape index (κ1) is 17.7. The zero-order valence-corrected chi connectivity index (χ0v) is 14.3. The smallest absolute Gasteiger partial charge is 0.238 e. The van der Waals surface area contributed by atoms with Crippen LogP contribution in [0.5, 0.6) is 5.75 Å². The first-order chi connectivity index (χ1) is 10.8. The molecule has 0 aliphatic carbocycles. The Morgan fingerprint density at radius 2 is 2.22 bits per heavy atom. The van der Waals surface area contributed by atoms with Crippen LogP contribution in [0, 0.1) is 0 Å². The van der Waals surface area contributed by atoms with Crippen LogP contribution in [0.15, 0.2) is 36.5 Å². The zero-order chi connectivity index (χ0) is 15.4. The fraction of sp³-hybridized carbons (Fsp3) is 0.333. The second-order valence-corrected chi connectivity index (χ2v) is 5.97. The number of rotatable bonds is 5. The van der Waals surface area contributed by atoms with Crippen molar-refractivity contribution in [2.45, 2.75) is 12.6 Å². The molecule has 2 heterocycles. The third-order valence-electron chi connectivity index (χ3n) is 3.46. The molecule has 1 saturated heterocycles. The van der Waals surface area contributed by atoms with Crippen LogP contribution < -0.4 is 15.4 Å². The number of methoxy groups -OCH3 is 1. The summed E-state index contributed by atoms with van der Waals surface area (Å²) < 4.78 is 6.92. The summed E-state index contributed by atoms with van der Waals surface area (Å²) in [6.45, 7) is 0.435. The van der Waals surface area contributed by atoms with Gasteiger partial charge in [-0.05, 0) is 30.3 Å². The molecule has 124 valence electrons. The minimum Gasteiger partial charge on any atom is -0.497 e. The van der Waals surface area contributed by atoms with Crippen LogP contribution in [-0.2, 0) is 11.3 Å². The molecule has 1 aliphatic heterocycles. The number of aromatic nitrogens is 2. The summed E-state index contributed by atoms with van der Waals surface area (Å²) in [4.78, 5) is 11.9. The molecule has 1 unspecified atom stereocenters. The first-order valence-electron chi connectivity index (χ1n) is 7.04. The van der Waals surface area contributed by atoms with Crippen LogP contribution in [0.3, 0.4) is 0 Å². The number of nitrogens with zero attached hydrogens (tertiary/aromatic N) is 2. The van der Waals surface area contributed by atoms with E-state index in [2.05, 4.69) is 15.7 Å². The Morgan fingerprint density at radius 1 is 1.43 bits per heavy atom. The summed E-state index contributed by atoms with van der Waals surface area (Å²) in [5, 5.41) is 10.5. The lowest BCUT2D eigenvalue weighted by molar-refractivity contribution is -0.122. The van der Waals surface area contributed by atoms with Crippen molar-refractivity contribution in [3.05, 3.63) is 42.2 Å². The minimum absolute atomic E-state index is 0. The minimum atomic E-state index is -0.0892. The average molecular weight is 355 g/mol. The molecule has 0 saturated carbocycles. The molecule has 0 radical (unpaired) electrons. The van der Waals surface area contributed by atoms with E-state index in [4.69, 9.17) is 4.74 Å². The molecule has 6 nitrogen and oxygen atoms in total. The van der Waals surface area contributed by atoms with Gasteiger partial charge >= 0.3 is 0 Å². The third-order valence-corrected chi connectivity index (χ3v) is 4.40. The van der Waals surface area contributed by atoms with Crippen LogP contribution in [-0.4, -0.2) is 40.5 Å². The van der Waals surface area contributed by atoms with Crippen molar-refractivity contribution >= 4 is 30.1 Å². The number of hydrogen-bond donors (Lipinski definition) is 2. The molecule has 1 aromatic heterocycles. The van der Waals surface area contributed by atoms with Crippen LogP contribution in [0.2, 0.25) is 0 Å². The number of thioether (sulfide) groups is 1. The Hall–Kier alpha value is -1.70. The third kappa shape index (κ3) is 4.40. The molecule has 0 spiro atoms. The molecular formula is C15H19ClN4O2S. The molecule has 1 fully saturated rings. The van der Waals surface area contributed by atoms with Gasteiger partial charge in [-0.15, -0.1) is 24.2 Å². The van der Waals surface area contributed by atoms with Gasteiger partial charge in [0, 0.05) is 17.8 Å². The molecule has 3 rings (SSSR count). The van der Waals surface area contributed by atoms with Gasteiger partial charge in [0.05, 0.1) is 31.1 Å². The van der Waals surface area contributed by atoms with Crippen molar-refractivity contribution in [2.24, 2.45) is 0 Å². The van der Waals surface area contributed by atoms with Crippen LogP contribution >= 0.6 is 24.2 Å². The lowest BCUT2D eigenvalue weighted by atomic mass is 10.3. The van der Waals surface area contributed by atoms with Crippen molar-refractivity contribution in [2.75, 3.05) is 18.7 Å². The normalized spacial score (nSPS) is 16.7. The van der Waals surface area contributed by atoms with Crippen molar-refractivity contribution in [3.8, 4) is 11.4 Å². The topological polar surface area (TPSA) is 68.2 Å². The molecule has 8 heteroatoms. The maximum Gasteiger partial charge on any atom is 0.238 e. The van der Waals surface area contributed by atoms with Crippen molar-refractivity contribution < 1.29 is 9.53 Å². The highest BCUT2D eigenvalue weighted by atomic mass is 35.5. The van der Waals surface area contributed by atoms with Gasteiger partial charge in [-0.2, -0.15) is 5.10 Å². The summed E-state index contributed by atoms with van der Waals surface area (Å²) in [5.41, 5.74) is 1.78. The van der Waals surface area contributed by atoms with Crippen molar-refractivity contribution in [1.29, 1.82) is 0 Å². The predicted octanol–water partition coefficient (Wildman–Crippen LogP) is 1.58. The molecule has 23 heavy (non-hydrogen) atoms. The summed E-state index contributed by atoms with van der Waals surface area (Å²) in [6.07, 6.45) is 1.88. The van der Waals surface area contributed by atoms with E-state index < -0.39 is 0 Å². The number of carbonyl (C=O) groups is 1. The van der Waals surface area contributed by atoms with Crippen molar-refractivity contribution in [1.82, 2.24) is 20.4 Å². The number of benzene rings is 1. The van der Waals surface area contributed by atoms with E-state index in [9.17, 15) is 4.79 Å². The highest BCUT2D eigenvalue weighted by molar-refractivity contribution is 7.99. The fourth-order valence-corrected chi connectivity index (χ4v) is 3.14. The SMILES string of the molecule is COc1ccc(-n2ccc(CNC(=O)C3CSCN3)n2)cc1.Cl. The number of halogens is 1. The van der Waals surface area contributed by atoms with Gasteiger partial charge in [0.1, 0.15) is 5.75 Å². The molecule has 1 amide bonds. The molecule has 1 aromatic carbocycles. The van der Waals surface area contributed by atoms with Gasteiger partial charge in [0.2, 0.25) is 5.91 Å². The van der Waals surface area contributed by atoms with Crippen molar-refractivity contribution in [3.63, 3.8) is 0 Å². The standard InChI is InChI=1S/C15H18N4O2S.ClH/c1-21-13-4-2-12(3-5-13)19-7-6-11(18-19)8-16-15(20)14-9-22-10-17-14;/h2-7,14,17H,8-10H2,1H3,(H,16,20);1H. The Balaban J connectivity index is 0.00000192. The summed E-state index contributed by atoms with van der Waals surface area (Å²) in [7, 11) is 1.64. The van der Waals surface area contributed by atoms with Gasteiger partial charge < -0.3 is 10.1 Å². The van der Waals surface area contributed by atoms with E-state index in [0.29, 0.717) is 6.54 Å². The average Bonchev–Trinajstić information content (AvgIpc) is 3.24. The number of hydrogen-bond acceptors (Lipinski definition) is 5. The fourth-order valence-electron chi connectivity index (χ4n) is 2.20. The van der Waals surface area contributed by atoms with E-state index in [0.717, 1.165) is 28.8 Å². The predicted molar refractivity (Wildman–Crippen MR) is 93.5 cm³/mol. The van der Waals surface area contributed by atoms with Crippen LogP contribution in [0.25, 0.3) is 5.69 Å². The molecule has 2 N–H and O–H groups in total. The summed E-state index contributed by atoms with van der Waals surface area (Å²) >= 11 is 1.73. The highest BCUT2D eigenvalue weighted by Crippen LogP contribution is 2.14. The van der Waals surface area contributed by atoms with E-state index >= 15 is 0 Å². The number of nitrogens with one attached hydrogen (secondary N) is 2. The quantitative estimate of drug-likeness (QED) is 0.853. The number of amides is 1. The molecule has 1 aliphatic rings. The monoisotopic (exact) mass is 354 g/mol. The van der Waals surface area contributed by atoms with E-state index in [1.807, 2.05) is 36.5 Å². The lowest BCUT2D eigenvalue weighted by Crippen LogP contribution is -2.41. The lowest BCUT2D eigenvalue weighted by Gasteiger charge is -2.09. The van der Waals surface area contributed by atoms with E-state index in [-0.39, 0.29) is 24.4 Å². The maximum atomic E-state index is 11.9. The Labute approximate surface area is 145 Å². The largest absolute Gasteiger partial charge is 0.497 e. The van der Waals surface area contributed by atoms with E-state index in [1.165, 1.54) is 0 Å². The first-order valence-corrected chi connectivity index (χ1v) is 8.19. The Bertz CT molecular complexity index is 641. The highest BCUT2D eigenvalue weighted by Gasteiger charge is 2.22. The summed E-state index contributed by atoms with van der Waals surface area (Å²) in [6, 6.07) is 9.47. The Kier molecular flexibility index (Phi) is 6.32. The second kappa shape index (κ2) is 8.24. The van der Waals surface area contributed by atoms with Gasteiger partial charge in [0.15, 0.2) is 0 Å². The van der Waals surface area contributed by atoms with Gasteiger partial charge in [0.25, 0.3) is 0 Å². The van der Waals surface area contributed by atoms with Crippen LogP contribution in [0.4, 0.5) is 0 Å². The van der Waals surface area contributed by atoms with Gasteiger partial charge in [-0.1, -0.05) is 0 Å². The Morgan fingerprint density at radius 3 is 2.87 bits per heavy atom.